The molecule has 228 valence electrons. The van der Waals surface area contributed by atoms with Crippen molar-refractivity contribution in [3.63, 3.8) is 0 Å². The minimum Gasteiger partial charge on any atom is -0.459 e. The van der Waals surface area contributed by atoms with Gasteiger partial charge in [-0.3, -0.25) is 19.3 Å². The summed E-state index contributed by atoms with van der Waals surface area (Å²) in [6, 6.07) is 7.47. The van der Waals surface area contributed by atoms with Crippen molar-refractivity contribution in [1.82, 2.24) is 10.2 Å². The molecule has 2 aliphatic rings. The smallest absolute Gasteiger partial charge is 0.355 e. The number of carbonyl (C=O) groups excluding carboxylic acids is 5. The third-order valence-electron chi connectivity index (χ3n) is 5.75. The molecular formula is C31H40N2O8S. The topological polar surface area (TPSA) is 128 Å². The molecule has 1 aromatic rings. The second kappa shape index (κ2) is 12.3. The predicted octanol–water partition coefficient (Wildman–Crippen LogP) is 4.01. The van der Waals surface area contributed by atoms with Gasteiger partial charge < -0.3 is 19.5 Å². The number of hydrogen-bond acceptors (Lipinski definition) is 9. The minimum absolute atomic E-state index is 0.00395. The zero-order valence-electron chi connectivity index (χ0n) is 25.6. The Morgan fingerprint density at radius 3 is 2.02 bits per heavy atom. The molecule has 3 rings (SSSR count). The summed E-state index contributed by atoms with van der Waals surface area (Å²) in [5.41, 5.74) is -1.55. The molecule has 0 saturated carbocycles. The van der Waals surface area contributed by atoms with Crippen LogP contribution in [0.15, 0.2) is 53.8 Å². The molecule has 2 aliphatic heterocycles. The van der Waals surface area contributed by atoms with Crippen molar-refractivity contribution in [2.75, 3.05) is 5.75 Å². The lowest BCUT2D eigenvalue weighted by Gasteiger charge is -2.50. The Bertz CT molecular complexity index is 1300. The summed E-state index contributed by atoms with van der Waals surface area (Å²) >= 11 is 1.31. The van der Waals surface area contributed by atoms with Gasteiger partial charge in [0, 0.05) is 11.8 Å². The molecule has 0 bridgehead atoms. The fourth-order valence-electron chi connectivity index (χ4n) is 4.23. The maximum Gasteiger partial charge on any atom is 0.355 e. The third kappa shape index (κ3) is 8.47. The van der Waals surface area contributed by atoms with Gasteiger partial charge in [-0.15, -0.1) is 11.8 Å². The van der Waals surface area contributed by atoms with E-state index in [4.69, 9.17) is 14.2 Å². The molecule has 0 spiro atoms. The number of allylic oxidation sites excluding steroid dienone is 1. The molecule has 2 heterocycles. The molecule has 0 aliphatic carbocycles. The van der Waals surface area contributed by atoms with E-state index in [1.54, 1.807) is 92.6 Å². The zero-order chi connectivity index (χ0) is 31.6. The van der Waals surface area contributed by atoms with E-state index in [1.807, 2.05) is 0 Å². The van der Waals surface area contributed by atoms with Crippen molar-refractivity contribution in [2.45, 2.75) is 96.5 Å². The average Bonchev–Trinajstić information content (AvgIpc) is 2.83. The largest absolute Gasteiger partial charge is 0.459 e. The Labute approximate surface area is 251 Å². The maximum atomic E-state index is 13.5. The summed E-state index contributed by atoms with van der Waals surface area (Å²) in [6.45, 7) is 15.5. The Morgan fingerprint density at radius 2 is 1.48 bits per heavy atom. The van der Waals surface area contributed by atoms with Crippen LogP contribution in [0.3, 0.4) is 0 Å². The summed E-state index contributed by atoms with van der Waals surface area (Å²) < 4.78 is 16.4. The second-order valence-electron chi connectivity index (χ2n) is 13.0. The number of benzene rings is 1. The number of esters is 3. The number of nitrogens with one attached hydrogen (secondary N) is 1. The van der Waals surface area contributed by atoms with Crippen LogP contribution < -0.4 is 5.32 Å². The van der Waals surface area contributed by atoms with Crippen LogP contribution in [0.1, 0.15) is 73.8 Å². The summed E-state index contributed by atoms with van der Waals surface area (Å²) in [4.78, 5) is 66.9. The monoisotopic (exact) mass is 600 g/mol. The molecule has 0 aromatic heterocycles. The van der Waals surface area contributed by atoms with Crippen LogP contribution in [0.4, 0.5) is 0 Å². The first kappa shape index (κ1) is 32.9. The van der Waals surface area contributed by atoms with Crippen molar-refractivity contribution in [2.24, 2.45) is 0 Å². The Kier molecular flexibility index (Phi) is 9.66. The van der Waals surface area contributed by atoms with Gasteiger partial charge in [0.05, 0.1) is 0 Å². The number of amides is 2. The number of thioether (sulfide) groups is 1. The summed E-state index contributed by atoms with van der Waals surface area (Å²) in [7, 11) is 0. The quantitative estimate of drug-likeness (QED) is 0.162. The Morgan fingerprint density at radius 1 is 0.905 bits per heavy atom. The molecule has 3 atom stereocenters. The molecule has 2 unspecified atom stereocenters. The van der Waals surface area contributed by atoms with Crippen LogP contribution in [0.5, 0.6) is 0 Å². The van der Waals surface area contributed by atoms with Crippen molar-refractivity contribution in [3.05, 3.63) is 59.3 Å². The molecule has 10 nitrogen and oxygen atoms in total. The van der Waals surface area contributed by atoms with E-state index in [0.29, 0.717) is 11.1 Å². The van der Waals surface area contributed by atoms with Crippen molar-refractivity contribution in [3.8, 4) is 0 Å². The molecule has 0 radical (unpaired) electrons. The van der Waals surface area contributed by atoms with E-state index in [9.17, 15) is 24.0 Å². The highest BCUT2D eigenvalue weighted by atomic mass is 32.2. The highest BCUT2D eigenvalue weighted by molar-refractivity contribution is 8.00. The number of ether oxygens (including phenoxy) is 3. The van der Waals surface area contributed by atoms with Gasteiger partial charge in [-0.2, -0.15) is 0 Å². The molecule has 1 saturated heterocycles. The van der Waals surface area contributed by atoms with Gasteiger partial charge in [0.1, 0.15) is 33.9 Å². The van der Waals surface area contributed by atoms with Crippen molar-refractivity contribution in [1.29, 1.82) is 0 Å². The van der Waals surface area contributed by atoms with Crippen LogP contribution in [0.25, 0.3) is 0 Å². The molecule has 1 fully saturated rings. The number of nitrogens with zero attached hydrogens (tertiary/aromatic N) is 1. The molecule has 1 N–H and O–H groups in total. The summed E-state index contributed by atoms with van der Waals surface area (Å²) in [5.74, 6) is -4.34. The van der Waals surface area contributed by atoms with Gasteiger partial charge in [0.2, 0.25) is 5.91 Å². The van der Waals surface area contributed by atoms with Gasteiger partial charge in [-0.25, -0.2) is 9.59 Å². The van der Waals surface area contributed by atoms with Crippen LogP contribution in [-0.2, 0) is 38.2 Å². The fourth-order valence-corrected chi connectivity index (χ4v) is 5.55. The van der Waals surface area contributed by atoms with Gasteiger partial charge in [-0.05, 0) is 79.5 Å². The number of hydrogen-bond donors (Lipinski definition) is 1. The number of carbonyl (C=O) groups is 5. The standard InChI is InChI=1S/C31H40N2O8S/c1-29(2,3)39-20(34)16-15-19-17-42-26-22(25(36)33(26)23(19)28(38)41-31(7,8)9)32-24(35)21(18-13-11-10-12-14-18)27(37)40-30(4,5)6/h10-16,21-22,26H,17H2,1-9H3,(H,32,35)/t21?,22?,26-/m1/s1. The van der Waals surface area contributed by atoms with E-state index in [-0.39, 0.29) is 11.4 Å². The van der Waals surface area contributed by atoms with E-state index in [1.165, 1.54) is 28.8 Å². The maximum absolute atomic E-state index is 13.5. The highest BCUT2D eigenvalue weighted by Crippen LogP contribution is 2.41. The molecule has 11 heteroatoms. The Balaban J connectivity index is 1.89. The first-order valence-electron chi connectivity index (χ1n) is 13.7. The first-order chi connectivity index (χ1) is 19.3. The van der Waals surface area contributed by atoms with Crippen LogP contribution >= 0.6 is 11.8 Å². The lowest BCUT2D eigenvalue weighted by molar-refractivity contribution is -0.161. The molecule has 2 amide bonds. The SMILES string of the molecule is CC(C)(C)OC(=O)C=CC1=C(C(=O)OC(C)(C)C)N2C(=O)C(NC(=O)C(C(=O)OC(C)(C)C)c3ccccc3)[C@H]2SC1. The number of β-lactam (4-membered cyclic amide) rings is 1. The number of fused-ring (bicyclic) bond motifs is 1. The van der Waals surface area contributed by atoms with Crippen molar-refractivity contribution < 1.29 is 38.2 Å². The van der Waals surface area contributed by atoms with E-state index in [2.05, 4.69) is 5.32 Å². The summed E-state index contributed by atoms with van der Waals surface area (Å²) in [5, 5.41) is 2.08. The number of rotatable bonds is 7. The lowest BCUT2D eigenvalue weighted by Crippen LogP contribution is -2.71. The fraction of sp³-hybridized carbons (Fsp3) is 0.516. The van der Waals surface area contributed by atoms with Gasteiger partial charge >= 0.3 is 17.9 Å². The molecular weight excluding hydrogens is 560 g/mol. The molecule has 1 aromatic carbocycles. The molecule has 42 heavy (non-hydrogen) atoms. The highest BCUT2D eigenvalue weighted by Gasteiger charge is 2.55. The lowest BCUT2D eigenvalue weighted by atomic mass is 9.96. The third-order valence-corrected chi connectivity index (χ3v) is 7.05. The first-order valence-corrected chi connectivity index (χ1v) is 14.7. The van der Waals surface area contributed by atoms with Crippen LogP contribution in [0.2, 0.25) is 0 Å². The van der Waals surface area contributed by atoms with Crippen LogP contribution in [0, 0.1) is 0 Å². The Hall–Kier alpha value is -3.60. The van der Waals surface area contributed by atoms with E-state index in [0.717, 1.165) is 0 Å². The normalized spacial score (nSPS) is 19.9. The van der Waals surface area contributed by atoms with Gasteiger partial charge in [-0.1, -0.05) is 30.3 Å². The minimum atomic E-state index is -1.30. The van der Waals surface area contributed by atoms with Gasteiger partial charge in [0.15, 0.2) is 5.92 Å². The summed E-state index contributed by atoms with van der Waals surface area (Å²) in [6.07, 6.45) is 2.66. The van der Waals surface area contributed by atoms with Crippen molar-refractivity contribution >= 4 is 41.5 Å². The van der Waals surface area contributed by atoms with E-state index < -0.39 is 63.9 Å². The average molecular weight is 601 g/mol. The van der Waals surface area contributed by atoms with Gasteiger partial charge in [0.25, 0.3) is 5.91 Å². The predicted molar refractivity (Wildman–Crippen MR) is 158 cm³/mol. The second-order valence-corrected chi connectivity index (χ2v) is 14.1. The van der Waals surface area contributed by atoms with E-state index >= 15 is 0 Å². The zero-order valence-corrected chi connectivity index (χ0v) is 26.4. The van der Waals surface area contributed by atoms with Crippen LogP contribution in [-0.4, -0.2) is 68.6 Å².